The quantitative estimate of drug-likeness (QED) is 0.363. The van der Waals surface area contributed by atoms with E-state index >= 15 is 0 Å². The fourth-order valence-electron chi connectivity index (χ4n) is 2.79. The minimum absolute atomic E-state index is 0.128. The lowest BCUT2D eigenvalue weighted by Crippen LogP contribution is -2.25. The van der Waals surface area contributed by atoms with Crippen LogP contribution in [0.4, 0.5) is 5.13 Å². The molecular weight excluding hydrogens is 406 g/mol. The van der Waals surface area contributed by atoms with Gasteiger partial charge in [-0.2, -0.15) is 0 Å². The Hall–Kier alpha value is -3.04. The number of nitrogens with one attached hydrogen (secondary N) is 1. The number of hydrogen-bond acceptors (Lipinski definition) is 7. The average Bonchev–Trinajstić information content (AvgIpc) is 3.25. The summed E-state index contributed by atoms with van der Waals surface area (Å²) in [5.41, 5.74) is 1.78. The van der Waals surface area contributed by atoms with Gasteiger partial charge in [0.2, 0.25) is 5.91 Å². The highest BCUT2D eigenvalue weighted by Gasteiger charge is 2.14. The Balaban J connectivity index is 1.58. The summed E-state index contributed by atoms with van der Waals surface area (Å²) in [6.07, 6.45) is 3.90. The lowest BCUT2D eigenvalue weighted by molar-refractivity contribution is -0.113. The Kier molecular flexibility index (Phi) is 5.97. The second-order valence-corrected chi connectivity index (χ2v) is 7.97. The second-order valence-electron chi connectivity index (χ2n) is 6.13. The lowest BCUT2D eigenvalue weighted by atomic mass is 10.1. The number of aryl methyl sites for hydroxylation is 1. The summed E-state index contributed by atoms with van der Waals surface area (Å²) in [6, 6.07) is 13.4. The van der Waals surface area contributed by atoms with E-state index in [1.807, 2.05) is 30.3 Å². The van der Waals surface area contributed by atoms with Crippen LogP contribution in [0.25, 0.3) is 11.0 Å². The van der Waals surface area contributed by atoms with E-state index in [1.165, 1.54) is 23.1 Å². The molecule has 0 atom stereocenters. The number of aromatic nitrogens is 4. The highest BCUT2D eigenvalue weighted by Crippen LogP contribution is 2.19. The van der Waals surface area contributed by atoms with Crippen molar-refractivity contribution in [3.63, 3.8) is 0 Å². The molecule has 0 aliphatic heterocycles. The van der Waals surface area contributed by atoms with E-state index in [0.717, 1.165) is 5.56 Å². The Labute approximate surface area is 174 Å². The zero-order valence-electron chi connectivity index (χ0n) is 15.3. The number of fused-ring (bicyclic) bond motifs is 1. The summed E-state index contributed by atoms with van der Waals surface area (Å²) in [7, 11) is 0. The van der Waals surface area contributed by atoms with Gasteiger partial charge in [0.05, 0.1) is 11.3 Å². The van der Waals surface area contributed by atoms with Crippen molar-refractivity contribution in [1.82, 2.24) is 19.5 Å². The standard InChI is InChI=1S/C20H17N5O2S2/c26-16(24-19-22-10-12-28-19)13-29-20-23-15-7-4-9-21-17(15)18(27)25(20)11-8-14-5-2-1-3-6-14/h1-7,9-10,12H,8,11,13H2,(H,22,24,26). The number of amides is 1. The van der Waals surface area contributed by atoms with Crippen LogP contribution in [0.1, 0.15) is 5.56 Å². The molecule has 0 aliphatic carbocycles. The first kappa shape index (κ1) is 19.3. The normalized spacial score (nSPS) is 10.9. The number of carbonyl (C=O) groups is 1. The molecule has 146 valence electrons. The number of hydrogen-bond donors (Lipinski definition) is 1. The monoisotopic (exact) mass is 423 g/mol. The first-order valence-electron chi connectivity index (χ1n) is 8.92. The van der Waals surface area contributed by atoms with Crippen molar-refractivity contribution in [3.8, 4) is 0 Å². The maximum atomic E-state index is 13.0. The summed E-state index contributed by atoms with van der Waals surface area (Å²) in [5.74, 6) is -0.0663. The maximum Gasteiger partial charge on any atom is 0.280 e. The highest BCUT2D eigenvalue weighted by molar-refractivity contribution is 7.99. The van der Waals surface area contributed by atoms with Crippen molar-refractivity contribution < 1.29 is 4.79 Å². The molecule has 0 fully saturated rings. The molecule has 0 saturated heterocycles. The van der Waals surface area contributed by atoms with Crippen LogP contribution < -0.4 is 10.9 Å². The molecular formula is C20H17N5O2S2. The first-order valence-corrected chi connectivity index (χ1v) is 10.8. The molecule has 0 saturated carbocycles. The Bertz CT molecular complexity index is 1180. The first-order chi connectivity index (χ1) is 14.2. The molecule has 3 aromatic heterocycles. The van der Waals surface area contributed by atoms with E-state index in [2.05, 4.69) is 20.3 Å². The number of pyridine rings is 1. The van der Waals surface area contributed by atoms with Crippen molar-refractivity contribution in [2.24, 2.45) is 0 Å². The van der Waals surface area contributed by atoms with Crippen molar-refractivity contribution >= 4 is 45.2 Å². The maximum absolute atomic E-state index is 13.0. The van der Waals surface area contributed by atoms with Gasteiger partial charge in [0.15, 0.2) is 15.8 Å². The molecule has 29 heavy (non-hydrogen) atoms. The summed E-state index contributed by atoms with van der Waals surface area (Å²) in [6.45, 7) is 0.457. The van der Waals surface area contributed by atoms with E-state index in [1.54, 1.807) is 34.5 Å². The van der Waals surface area contributed by atoms with Gasteiger partial charge in [-0.3, -0.25) is 14.2 Å². The zero-order valence-corrected chi connectivity index (χ0v) is 16.9. The van der Waals surface area contributed by atoms with Gasteiger partial charge in [-0.15, -0.1) is 11.3 Å². The van der Waals surface area contributed by atoms with E-state index in [-0.39, 0.29) is 17.2 Å². The highest BCUT2D eigenvalue weighted by atomic mass is 32.2. The average molecular weight is 424 g/mol. The van der Waals surface area contributed by atoms with Crippen LogP contribution in [-0.4, -0.2) is 31.2 Å². The van der Waals surface area contributed by atoms with Crippen LogP contribution in [0.2, 0.25) is 0 Å². The molecule has 0 unspecified atom stereocenters. The lowest BCUT2D eigenvalue weighted by Gasteiger charge is -2.12. The van der Waals surface area contributed by atoms with Crippen molar-refractivity contribution in [1.29, 1.82) is 0 Å². The second kappa shape index (κ2) is 8.97. The summed E-state index contributed by atoms with van der Waals surface area (Å²) in [5, 5.41) is 5.58. The van der Waals surface area contributed by atoms with Gasteiger partial charge in [-0.1, -0.05) is 42.1 Å². The third-order valence-electron chi connectivity index (χ3n) is 4.16. The zero-order chi connectivity index (χ0) is 20.1. The molecule has 7 nitrogen and oxygen atoms in total. The largest absolute Gasteiger partial charge is 0.301 e. The Morgan fingerprint density at radius 2 is 1.97 bits per heavy atom. The molecule has 0 aliphatic rings. The molecule has 1 aromatic carbocycles. The van der Waals surface area contributed by atoms with Crippen molar-refractivity contribution in [2.75, 3.05) is 11.1 Å². The molecule has 1 amide bonds. The van der Waals surface area contributed by atoms with Crippen LogP contribution in [0, 0.1) is 0 Å². The summed E-state index contributed by atoms with van der Waals surface area (Å²) >= 11 is 2.58. The van der Waals surface area contributed by atoms with Crippen LogP contribution in [0.3, 0.4) is 0 Å². The van der Waals surface area contributed by atoms with Crippen molar-refractivity contribution in [3.05, 3.63) is 76.2 Å². The third-order valence-corrected chi connectivity index (χ3v) is 5.82. The number of benzene rings is 1. The number of thiazole rings is 1. The van der Waals surface area contributed by atoms with Gasteiger partial charge >= 0.3 is 0 Å². The molecule has 1 N–H and O–H groups in total. The summed E-state index contributed by atoms with van der Waals surface area (Å²) in [4.78, 5) is 38.1. The Morgan fingerprint density at radius 1 is 1.10 bits per heavy atom. The third kappa shape index (κ3) is 4.69. The van der Waals surface area contributed by atoms with Crippen LogP contribution >= 0.6 is 23.1 Å². The van der Waals surface area contributed by atoms with Crippen LogP contribution in [0.5, 0.6) is 0 Å². The predicted octanol–water partition coefficient (Wildman–Crippen LogP) is 3.22. The van der Waals surface area contributed by atoms with Gasteiger partial charge < -0.3 is 5.32 Å². The topological polar surface area (TPSA) is 89.8 Å². The molecule has 0 spiro atoms. The minimum Gasteiger partial charge on any atom is -0.301 e. The number of thioether (sulfide) groups is 1. The van der Waals surface area contributed by atoms with Gasteiger partial charge in [-0.25, -0.2) is 15.0 Å². The van der Waals surface area contributed by atoms with Crippen LogP contribution in [0.15, 0.2) is 70.2 Å². The van der Waals surface area contributed by atoms with Gasteiger partial charge in [0.25, 0.3) is 5.56 Å². The smallest absolute Gasteiger partial charge is 0.280 e. The molecule has 3 heterocycles. The fraction of sp³-hybridized carbons (Fsp3) is 0.150. The van der Waals surface area contributed by atoms with E-state index in [9.17, 15) is 9.59 Å². The SMILES string of the molecule is O=C(CSc1nc2cccnc2c(=O)n1CCc1ccccc1)Nc1nccs1. The molecule has 4 aromatic rings. The molecule has 0 bridgehead atoms. The van der Waals surface area contributed by atoms with E-state index < -0.39 is 0 Å². The van der Waals surface area contributed by atoms with Crippen molar-refractivity contribution in [2.45, 2.75) is 18.1 Å². The number of rotatable bonds is 7. The van der Waals surface area contributed by atoms with Gasteiger partial charge in [-0.05, 0) is 24.1 Å². The number of carbonyl (C=O) groups excluding carboxylic acids is 1. The minimum atomic E-state index is -0.200. The molecule has 0 radical (unpaired) electrons. The van der Waals surface area contributed by atoms with E-state index in [0.29, 0.717) is 34.3 Å². The number of anilines is 1. The summed E-state index contributed by atoms with van der Waals surface area (Å²) < 4.78 is 1.60. The van der Waals surface area contributed by atoms with E-state index in [4.69, 9.17) is 0 Å². The Morgan fingerprint density at radius 3 is 2.76 bits per heavy atom. The van der Waals surface area contributed by atoms with Gasteiger partial charge in [0.1, 0.15) is 0 Å². The molecule has 4 rings (SSSR count). The molecule has 9 heteroatoms. The van der Waals surface area contributed by atoms with Gasteiger partial charge in [0, 0.05) is 24.3 Å². The van der Waals surface area contributed by atoms with Crippen LogP contribution in [-0.2, 0) is 17.8 Å². The number of nitrogens with zero attached hydrogens (tertiary/aromatic N) is 4. The fourth-order valence-corrected chi connectivity index (χ4v) is 4.16. The predicted molar refractivity (Wildman–Crippen MR) is 115 cm³/mol.